The number of hydrogen-bond donors (Lipinski definition) is 1. The molecule has 3 aromatic rings. The van der Waals surface area contributed by atoms with Crippen molar-refractivity contribution in [3.8, 4) is 5.75 Å². The summed E-state index contributed by atoms with van der Waals surface area (Å²) >= 11 is 3.43. The highest BCUT2D eigenvalue weighted by Gasteiger charge is 2.51. The van der Waals surface area contributed by atoms with Crippen molar-refractivity contribution in [1.82, 2.24) is 0 Å². The Balaban J connectivity index is 1.71. The lowest BCUT2D eigenvalue weighted by molar-refractivity contribution is -0.124. The van der Waals surface area contributed by atoms with Gasteiger partial charge in [0.05, 0.1) is 12.3 Å². The van der Waals surface area contributed by atoms with Gasteiger partial charge in [0.1, 0.15) is 5.75 Å². The van der Waals surface area contributed by atoms with Crippen molar-refractivity contribution in [1.29, 1.82) is 0 Å². The Morgan fingerprint density at radius 1 is 0.968 bits per heavy atom. The number of rotatable bonds is 5. The van der Waals surface area contributed by atoms with E-state index in [1.165, 1.54) is 10.4 Å². The van der Waals surface area contributed by atoms with E-state index in [0.717, 1.165) is 4.47 Å². The minimum atomic E-state index is -2.73. The second-order valence-corrected chi connectivity index (χ2v) is 13.9. The lowest BCUT2D eigenvalue weighted by atomic mass is 10.2. The summed E-state index contributed by atoms with van der Waals surface area (Å²) in [6.07, 6.45) is -0.713. The van der Waals surface area contributed by atoms with Gasteiger partial charge in [0.15, 0.2) is 6.10 Å². The van der Waals surface area contributed by atoms with E-state index >= 15 is 0 Å². The number of carbonyl (C=O) groups excluding carboxylic acids is 1. The third kappa shape index (κ3) is 4.20. The van der Waals surface area contributed by atoms with Crippen LogP contribution in [0.3, 0.4) is 0 Å². The molecule has 1 heterocycles. The summed E-state index contributed by atoms with van der Waals surface area (Å²) in [7, 11) is -2.73. The standard InChI is InChI=1S/C25H26BrNO3Si/c1-25(2,3)31(19-10-6-4-7-11-19,20-12-8-5-9-13-20)29-17-23-24(28)27-21-16-18(26)14-15-22(21)30-23/h4-16,23H,17H2,1-3H3,(H,27,28)/t23-/m0/s1. The second kappa shape index (κ2) is 8.61. The Morgan fingerprint density at radius 2 is 1.55 bits per heavy atom. The van der Waals surface area contributed by atoms with Crippen molar-refractivity contribution in [2.24, 2.45) is 0 Å². The SMILES string of the molecule is CC(C)(C)[Si](OC[C@@H]1Oc2ccc(Br)cc2NC1=O)(c1ccccc1)c1ccccc1. The minimum absolute atomic E-state index is 0.163. The molecular weight excluding hydrogens is 470 g/mol. The van der Waals surface area contributed by atoms with Crippen molar-refractivity contribution in [3.63, 3.8) is 0 Å². The van der Waals surface area contributed by atoms with E-state index in [9.17, 15) is 4.79 Å². The van der Waals surface area contributed by atoms with Crippen molar-refractivity contribution in [3.05, 3.63) is 83.3 Å². The maximum Gasteiger partial charge on any atom is 0.267 e. The molecule has 160 valence electrons. The molecule has 0 saturated carbocycles. The van der Waals surface area contributed by atoms with Gasteiger partial charge in [0, 0.05) is 4.47 Å². The predicted octanol–water partition coefficient (Wildman–Crippen LogP) is 4.73. The van der Waals surface area contributed by atoms with Gasteiger partial charge < -0.3 is 14.5 Å². The van der Waals surface area contributed by atoms with E-state index in [2.05, 4.69) is 66.3 Å². The predicted molar refractivity (Wildman–Crippen MR) is 131 cm³/mol. The normalized spacial score (nSPS) is 16.3. The van der Waals surface area contributed by atoms with Gasteiger partial charge in [-0.25, -0.2) is 0 Å². The van der Waals surface area contributed by atoms with Crippen LogP contribution in [0.5, 0.6) is 5.75 Å². The molecule has 0 fully saturated rings. The molecule has 4 nitrogen and oxygen atoms in total. The first kappa shape index (κ1) is 21.8. The molecule has 6 heteroatoms. The summed E-state index contributed by atoms with van der Waals surface area (Å²) in [6, 6.07) is 26.4. The Morgan fingerprint density at radius 3 is 2.10 bits per heavy atom. The van der Waals surface area contributed by atoms with Gasteiger partial charge in [-0.1, -0.05) is 97.4 Å². The zero-order valence-corrected chi connectivity index (χ0v) is 20.5. The van der Waals surface area contributed by atoms with Crippen molar-refractivity contribution in [2.75, 3.05) is 11.9 Å². The van der Waals surface area contributed by atoms with Crippen LogP contribution in [0.15, 0.2) is 83.3 Å². The smallest absolute Gasteiger partial charge is 0.267 e. The molecule has 0 aromatic heterocycles. The number of benzene rings is 3. The summed E-state index contributed by atoms with van der Waals surface area (Å²) in [5.74, 6) is 0.461. The van der Waals surface area contributed by atoms with E-state index < -0.39 is 14.4 Å². The Labute approximate surface area is 192 Å². The third-order valence-corrected chi connectivity index (χ3v) is 11.1. The second-order valence-electron chi connectivity index (χ2n) is 8.71. The van der Waals surface area contributed by atoms with Crippen LogP contribution in [-0.2, 0) is 9.22 Å². The maximum absolute atomic E-state index is 12.8. The number of nitrogens with one attached hydrogen (secondary N) is 1. The fourth-order valence-corrected chi connectivity index (χ4v) is 9.11. The van der Waals surface area contributed by atoms with E-state index in [1.807, 2.05) is 54.6 Å². The first-order valence-electron chi connectivity index (χ1n) is 10.3. The van der Waals surface area contributed by atoms with E-state index in [-0.39, 0.29) is 17.6 Å². The summed E-state index contributed by atoms with van der Waals surface area (Å²) < 4.78 is 13.8. The van der Waals surface area contributed by atoms with Crippen LogP contribution in [0.1, 0.15) is 20.8 Å². The molecule has 31 heavy (non-hydrogen) atoms. The number of hydrogen-bond acceptors (Lipinski definition) is 3. The van der Waals surface area contributed by atoms with Gasteiger partial charge in [0.25, 0.3) is 14.2 Å². The zero-order valence-electron chi connectivity index (χ0n) is 17.9. The monoisotopic (exact) mass is 495 g/mol. The van der Waals surface area contributed by atoms with E-state index in [1.54, 1.807) is 0 Å². The maximum atomic E-state index is 12.8. The van der Waals surface area contributed by atoms with Crippen LogP contribution in [0.4, 0.5) is 5.69 Å². The third-order valence-electron chi connectivity index (χ3n) is 5.63. The highest BCUT2D eigenvalue weighted by molar-refractivity contribution is 9.10. The molecule has 0 spiro atoms. The highest BCUT2D eigenvalue weighted by atomic mass is 79.9. The van der Waals surface area contributed by atoms with Crippen LogP contribution < -0.4 is 20.4 Å². The number of carbonyl (C=O) groups is 1. The number of ether oxygens (including phenoxy) is 1. The Kier molecular flexibility index (Phi) is 6.06. The highest BCUT2D eigenvalue weighted by Crippen LogP contribution is 2.38. The van der Waals surface area contributed by atoms with Gasteiger partial charge in [-0.15, -0.1) is 0 Å². The van der Waals surface area contributed by atoms with Gasteiger partial charge in [0.2, 0.25) is 0 Å². The summed E-state index contributed by atoms with van der Waals surface area (Å²) in [4.78, 5) is 12.8. The first-order valence-corrected chi connectivity index (χ1v) is 13.0. The number of fused-ring (bicyclic) bond motifs is 1. The van der Waals surface area contributed by atoms with Crippen molar-refractivity contribution < 1.29 is 14.0 Å². The molecule has 1 N–H and O–H groups in total. The quantitative estimate of drug-likeness (QED) is 0.520. The molecule has 1 aliphatic heterocycles. The lowest BCUT2D eigenvalue weighted by Gasteiger charge is -2.43. The Bertz CT molecular complexity index is 1030. The van der Waals surface area contributed by atoms with E-state index in [0.29, 0.717) is 11.4 Å². The van der Waals surface area contributed by atoms with Crippen LogP contribution in [0.2, 0.25) is 5.04 Å². The van der Waals surface area contributed by atoms with Gasteiger partial charge >= 0.3 is 0 Å². The fraction of sp³-hybridized carbons (Fsp3) is 0.240. The molecule has 3 aromatic carbocycles. The minimum Gasteiger partial charge on any atom is -0.476 e. The van der Waals surface area contributed by atoms with Crippen molar-refractivity contribution in [2.45, 2.75) is 31.9 Å². The molecule has 1 aliphatic rings. The molecule has 0 radical (unpaired) electrons. The molecule has 0 bridgehead atoms. The number of halogens is 1. The molecular formula is C25H26BrNO3Si. The number of anilines is 1. The van der Waals surface area contributed by atoms with Gasteiger partial charge in [-0.2, -0.15) is 0 Å². The van der Waals surface area contributed by atoms with Crippen LogP contribution in [0.25, 0.3) is 0 Å². The van der Waals surface area contributed by atoms with Gasteiger partial charge in [-0.05, 0) is 33.6 Å². The average Bonchev–Trinajstić information content (AvgIpc) is 2.75. The first-order chi connectivity index (χ1) is 14.8. The summed E-state index contributed by atoms with van der Waals surface area (Å²) in [5, 5.41) is 5.13. The van der Waals surface area contributed by atoms with Crippen molar-refractivity contribution >= 4 is 46.2 Å². The van der Waals surface area contributed by atoms with E-state index in [4.69, 9.17) is 9.16 Å². The average molecular weight is 496 g/mol. The molecule has 4 rings (SSSR count). The zero-order chi connectivity index (χ0) is 22.1. The summed E-state index contributed by atoms with van der Waals surface area (Å²) in [5.41, 5.74) is 0.668. The Hall–Kier alpha value is -2.41. The molecule has 0 saturated heterocycles. The molecule has 1 atom stereocenters. The lowest BCUT2D eigenvalue weighted by Crippen LogP contribution is -2.67. The molecule has 0 unspecified atom stereocenters. The van der Waals surface area contributed by atoms with Crippen LogP contribution in [0, 0.1) is 0 Å². The van der Waals surface area contributed by atoms with Crippen LogP contribution >= 0.6 is 15.9 Å². The number of amides is 1. The largest absolute Gasteiger partial charge is 0.476 e. The fourth-order valence-electron chi connectivity index (χ4n) is 4.19. The summed E-state index contributed by atoms with van der Waals surface area (Å²) in [6.45, 7) is 6.82. The molecule has 0 aliphatic carbocycles. The topological polar surface area (TPSA) is 47.6 Å². The van der Waals surface area contributed by atoms with Crippen LogP contribution in [-0.4, -0.2) is 26.9 Å². The van der Waals surface area contributed by atoms with Gasteiger partial charge in [-0.3, -0.25) is 4.79 Å². The molecule has 1 amide bonds.